The highest BCUT2D eigenvalue weighted by molar-refractivity contribution is 7.99. The summed E-state index contributed by atoms with van der Waals surface area (Å²) in [7, 11) is 0. The van der Waals surface area contributed by atoms with Crippen LogP contribution in [0.3, 0.4) is 0 Å². The Hall–Kier alpha value is -1.10. The van der Waals surface area contributed by atoms with E-state index >= 15 is 0 Å². The van der Waals surface area contributed by atoms with Crippen molar-refractivity contribution in [1.29, 1.82) is 0 Å². The third kappa shape index (κ3) is 2.72. The van der Waals surface area contributed by atoms with Gasteiger partial charge >= 0.3 is 0 Å². The summed E-state index contributed by atoms with van der Waals surface area (Å²) in [5.41, 5.74) is 6.48. The molecule has 1 aromatic heterocycles. The van der Waals surface area contributed by atoms with Gasteiger partial charge in [0.15, 0.2) is 5.16 Å². The first-order chi connectivity index (χ1) is 7.79. The van der Waals surface area contributed by atoms with Crippen LogP contribution in [0.25, 0.3) is 0 Å². The van der Waals surface area contributed by atoms with Gasteiger partial charge in [-0.3, -0.25) is 0 Å². The van der Waals surface area contributed by atoms with E-state index in [4.69, 9.17) is 17.3 Å². The molecule has 0 fully saturated rings. The highest BCUT2D eigenvalue weighted by Gasteiger charge is 2.03. The Morgan fingerprint density at radius 1 is 1.25 bits per heavy atom. The minimum absolute atomic E-state index is 0.450. The van der Waals surface area contributed by atoms with Crippen LogP contribution in [0, 0.1) is 0 Å². The average molecular weight is 252 g/mol. The molecule has 0 amide bonds. The van der Waals surface area contributed by atoms with Crippen LogP contribution in [-0.2, 0) is 6.54 Å². The number of aromatic nitrogens is 2. The Bertz CT molecular complexity index is 476. The molecule has 2 rings (SSSR count). The van der Waals surface area contributed by atoms with E-state index in [2.05, 4.69) is 9.97 Å². The molecule has 0 saturated heterocycles. The van der Waals surface area contributed by atoms with Gasteiger partial charge in [-0.1, -0.05) is 17.7 Å². The van der Waals surface area contributed by atoms with E-state index in [1.165, 1.54) is 11.8 Å². The van der Waals surface area contributed by atoms with Gasteiger partial charge in [0.1, 0.15) is 0 Å². The number of hydrogen-bond acceptors (Lipinski definition) is 4. The quantitative estimate of drug-likeness (QED) is 0.853. The predicted molar refractivity (Wildman–Crippen MR) is 65.5 cm³/mol. The van der Waals surface area contributed by atoms with Crippen LogP contribution in [0.1, 0.15) is 5.56 Å². The van der Waals surface area contributed by atoms with Crippen molar-refractivity contribution in [2.45, 2.75) is 16.6 Å². The van der Waals surface area contributed by atoms with Gasteiger partial charge in [0.25, 0.3) is 0 Å². The molecule has 2 N–H and O–H groups in total. The summed E-state index contributed by atoms with van der Waals surface area (Å²) in [4.78, 5) is 9.27. The summed E-state index contributed by atoms with van der Waals surface area (Å²) in [5, 5.41) is 1.39. The van der Waals surface area contributed by atoms with Gasteiger partial charge < -0.3 is 5.73 Å². The van der Waals surface area contributed by atoms with Crippen molar-refractivity contribution < 1.29 is 0 Å². The van der Waals surface area contributed by atoms with Crippen molar-refractivity contribution in [3.05, 3.63) is 47.2 Å². The molecule has 0 aliphatic heterocycles. The molecule has 3 nitrogen and oxygen atoms in total. The van der Waals surface area contributed by atoms with E-state index < -0.39 is 0 Å². The smallest absolute Gasteiger partial charge is 0.192 e. The summed E-state index contributed by atoms with van der Waals surface area (Å²) in [6.45, 7) is 0.450. The number of nitrogens with two attached hydrogens (primary N) is 1. The first-order valence-electron chi connectivity index (χ1n) is 4.73. The Labute approximate surface area is 103 Å². The maximum Gasteiger partial charge on any atom is 0.192 e. The van der Waals surface area contributed by atoms with Crippen molar-refractivity contribution in [2.24, 2.45) is 5.73 Å². The maximum absolute atomic E-state index is 6.06. The predicted octanol–water partition coefficient (Wildman–Crippen LogP) is 2.74. The second-order valence-corrected chi connectivity index (χ2v) is 4.54. The normalized spacial score (nSPS) is 10.4. The second-order valence-electron chi connectivity index (χ2n) is 3.09. The topological polar surface area (TPSA) is 51.8 Å². The van der Waals surface area contributed by atoms with Crippen LogP contribution in [-0.4, -0.2) is 9.97 Å². The number of hydrogen-bond donors (Lipinski definition) is 1. The molecule has 0 unspecified atom stereocenters. The lowest BCUT2D eigenvalue weighted by atomic mass is 10.2. The van der Waals surface area contributed by atoms with Crippen LogP contribution in [0.5, 0.6) is 0 Å². The van der Waals surface area contributed by atoms with E-state index in [-0.39, 0.29) is 0 Å². The number of rotatable bonds is 3. The molecule has 2 aromatic rings. The summed E-state index contributed by atoms with van der Waals surface area (Å²) in [5.74, 6) is 0. The number of nitrogens with zero attached hydrogens (tertiary/aromatic N) is 2. The lowest BCUT2D eigenvalue weighted by Crippen LogP contribution is -1.96. The zero-order chi connectivity index (χ0) is 11.4. The summed E-state index contributed by atoms with van der Waals surface area (Å²) in [6.07, 6.45) is 3.43. The Morgan fingerprint density at radius 2 is 2.00 bits per heavy atom. The fourth-order valence-electron chi connectivity index (χ4n) is 1.20. The molecule has 0 aliphatic rings. The zero-order valence-corrected chi connectivity index (χ0v) is 10.0. The molecule has 0 saturated carbocycles. The van der Waals surface area contributed by atoms with Crippen molar-refractivity contribution in [2.75, 3.05) is 0 Å². The minimum Gasteiger partial charge on any atom is -0.326 e. The first-order valence-corrected chi connectivity index (χ1v) is 5.92. The SMILES string of the molecule is NCc1ccc(Sc2ncccn2)cc1Cl. The average Bonchev–Trinajstić information content (AvgIpc) is 2.31. The lowest BCUT2D eigenvalue weighted by Gasteiger charge is -2.03. The first kappa shape index (κ1) is 11.4. The van der Waals surface area contributed by atoms with Gasteiger partial charge in [0, 0.05) is 28.9 Å². The molecular formula is C11H10ClN3S. The highest BCUT2D eigenvalue weighted by Crippen LogP contribution is 2.28. The summed E-state index contributed by atoms with van der Waals surface area (Å²) >= 11 is 7.54. The molecule has 0 bridgehead atoms. The largest absolute Gasteiger partial charge is 0.326 e. The van der Waals surface area contributed by atoms with Gasteiger partial charge in [0.2, 0.25) is 0 Å². The molecule has 5 heteroatoms. The molecule has 0 radical (unpaired) electrons. The van der Waals surface area contributed by atoms with E-state index in [1.807, 2.05) is 18.2 Å². The fraction of sp³-hybridized carbons (Fsp3) is 0.0909. The van der Waals surface area contributed by atoms with E-state index in [0.29, 0.717) is 16.7 Å². The van der Waals surface area contributed by atoms with E-state index in [0.717, 1.165) is 10.5 Å². The maximum atomic E-state index is 6.06. The molecule has 1 heterocycles. The van der Waals surface area contributed by atoms with E-state index in [9.17, 15) is 0 Å². The minimum atomic E-state index is 0.450. The molecule has 0 aliphatic carbocycles. The molecular weight excluding hydrogens is 242 g/mol. The molecule has 82 valence electrons. The number of benzene rings is 1. The second kappa shape index (κ2) is 5.30. The zero-order valence-electron chi connectivity index (χ0n) is 8.43. The van der Waals surface area contributed by atoms with Crippen LogP contribution in [0.4, 0.5) is 0 Å². The van der Waals surface area contributed by atoms with Gasteiger partial charge in [-0.25, -0.2) is 9.97 Å². The van der Waals surface area contributed by atoms with Crippen molar-refractivity contribution in [3.63, 3.8) is 0 Å². The molecule has 0 atom stereocenters. The lowest BCUT2D eigenvalue weighted by molar-refractivity contribution is 0.966. The van der Waals surface area contributed by atoms with Crippen molar-refractivity contribution in [3.8, 4) is 0 Å². The Morgan fingerprint density at radius 3 is 2.62 bits per heavy atom. The fourth-order valence-corrected chi connectivity index (χ4v) is 2.27. The van der Waals surface area contributed by atoms with E-state index in [1.54, 1.807) is 18.5 Å². The van der Waals surface area contributed by atoms with Gasteiger partial charge in [0.05, 0.1) is 0 Å². The Kier molecular flexibility index (Phi) is 3.77. The Balaban J connectivity index is 2.20. The van der Waals surface area contributed by atoms with Crippen LogP contribution >= 0.6 is 23.4 Å². The molecule has 1 aromatic carbocycles. The van der Waals surface area contributed by atoms with Crippen LogP contribution in [0.2, 0.25) is 5.02 Å². The molecule has 0 spiro atoms. The van der Waals surface area contributed by atoms with Gasteiger partial charge in [-0.15, -0.1) is 0 Å². The third-order valence-corrected chi connectivity index (χ3v) is 3.23. The van der Waals surface area contributed by atoms with Crippen LogP contribution < -0.4 is 5.73 Å². The monoisotopic (exact) mass is 251 g/mol. The van der Waals surface area contributed by atoms with Gasteiger partial charge in [-0.05, 0) is 35.5 Å². The third-order valence-electron chi connectivity index (χ3n) is 2.00. The molecule has 16 heavy (non-hydrogen) atoms. The summed E-state index contributed by atoms with van der Waals surface area (Å²) < 4.78 is 0. The number of halogens is 1. The standard InChI is InChI=1S/C11H10ClN3S/c12-10-6-9(3-2-8(10)7-13)16-11-14-4-1-5-15-11/h1-6H,7,13H2. The van der Waals surface area contributed by atoms with Crippen LogP contribution in [0.15, 0.2) is 46.7 Å². The van der Waals surface area contributed by atoms with Crippen molar-refractivity contribution in [1.82, 2.24) is 9.97 Å². The van der Waals surface area contributed by atoms with Gasteiger partial charge in [-0.2, -0.15) is 0 Å². The van der Waals surface area contributed by atoms with Crippen molar-refractivity contribution >= 4 is 23.4 Å². The summed E-state index contributed by atoms with van der Waals surface area (Å²) in [6, 6.07) is 7.56. The highest BCUT2D eigenvalue weighted by atomic mass is 35.5.